The summed E-state index contributed by atoms with van der Waals surface area (Å²) in [5.41, 5.74) is 1.98. The number of sulfonamides is 1. The molecule has 1 aromatic carbocycles. The second-order valence-electron chi connectivity index (χ2n) is 5.74. The number of hydrogen-bond donors (Lipinski definition) is 1. The third-order valence-corrected chi connectivity index (χ3v) is 5.83. The van der Waals surface area contributed by atoms with E-state index in [2.05, 4.69) is 9.88 Å². The standard InChI is InChI=1S/C16H18N2O5S/c1-9-15(10(2)23-17-9)24(20,21)18-16(19)13-8-7-12-11(13)5-4-6-14(12)22-3/h4-6,13H,7-8H2,1-3H3,(H,18,19). The zero-order chi connectivity index (χ0) is 17.5. The highest BCUT2D eigenvalue weighted by molar-refractivity contribution is 7.90. The normalized spacial score (nSPS) is 16.7. The van der Waals surface area contributed by atoms with Crippen LogP contribution in [0.15, 0.2) is 27.6 Å². The van der Waals surface area contributed by atoms with Gasteiger partial charge < -0.3 is 9.26 Å². The van der Waals surface area contributed by atoms with E-state index in [4.69, 9.17) is 9.26 Å². The molecule has 2 aromatic rings. The van der Waals surface area contributed by atoms with Crippen LogP contribution in [0, 0.1) is 13.8 Å². The Morgan fingerprint density at radius 3 is 2.75 bits per heavy atom. The Hall–Kier alpha value is -2.35. The van der Waals surface area contributed by atoms with Crippen molar-refractivity contribution in [3.05, 3.63) is 40.8 Å². The van der Waals surface area contributed by atoms with Crippen LogP contribution in [-0.2, 0) is 21.2 Å². The summed E-state index contributed by atoms with van der Waals surface area (Å²) in [5.74, 6) is -0.204. The third-order valence-electron chi connectivity index (χ3n) is 4.24. The number of methoxy groups -OCH3 is 1. The fourth-order valence-corrected chi connectivity index (χ4v) is 4.55. The zero-order valence-electron chi connectivity index (χ0n) is 13.6. The number of nitrogens with one attached hydrogen (secondary N) is 1. The predicted octanol–water partition coefficient (Wildman–Crippen LogP) is 1.83. The van der Waals surface area contributed by atoms with E-state index in [0.717, 1.165) is 16.9 Å². The fraction of sp³-hybridized carbons (Fsp3) is 0.375. The summed E-state index contributed by atoms with van der Waals surface area (Å²) in [7, 11) is -2.45. The van der Waals surface area contributed by atoms with E-state index >= 15 is 0 Å². The highest BCUT2D eigenvalue weighted by Crippen LogP contribution is 2.38. The van der Waals surface area contributed by atoms with E-state index in [0.29, 0.717) is 12.8 Å². The van der Waals surface area contributed by atoms with Crippen LogP contribution in [0.4, 0.5) is 0 Å². The minimum Gasteiger partial charge on any atom is -0.496 e. The Morgan fingerprint density at radius 1 is 1.38 bits per heavy atom. The Morgan fingerprint density at radius 2 is 2.12 bits per heavy atom. The van der Waals surface area contributed by atoms with Crippen LogP contribution in [0.2, 0.25) is 0 Å². The number of hydrogen-bond acceptors (Lipinski definition) is 6. The van der Waals surface area contributed by atoms with Gasteiger partial charge in [0, 0.05) is 0 Å². The molecule has 0 saturated heterocycles. The molecule has 1 aliphatic carbocycles. The van der Waals surface area contributed by atoms with Crippen LogP contribution in [0.5, 0.6) is 5.75 Å². The number of amides is 1. The summed E-state index contributed by atoms with van der Waals surface area (Å²) < 4.78 is 37.3. The summed E-state index contributed by atoms with van der Waals surface area (Å²) in [6.45, 7) is 3.01. The number of carbonyl (C=O) groups is 1. The topological polar surface area (TPSA) is 98.5 Å². The molecule has 1 heterocycles. The summed E-state index contributed by atoms with van der Waals surface area (Å²) >= 11 is 0. The zero-order valence-corrected chi connectivity index (χ0v) is 14.4. The SMILES string of the molecule is COc1cccc2c1CCC2C(=O)NS(=O)(=O)c1c(C)noc1C. The maximum atomic E-state index is 12.6. The van der Waals surface area contributed by atoms with Gasteiger partial charge in [-0.25, -0.2) is 13.1 Å². The van der Waals surface area contributed by atoms with E-state index in [1.807, 2.05) is 12.1 Å². The first kappa shape index (κ1) is 16.5. The number of ether oxygens (including phenoxy) is 1. The van der Waals surface area contributed by atoms with Crippen molar-refractivity contribution in [2.75, 3.05) is 7.11 Å². The molecule has 8 heteroatoms. The average Bonchev–Trinajstić information content (AvgIpc) is 3.10. The molecular weight excluding hydrogens is 332 g/mol. The number of nitrogens with zero attached hydrogens (tertiary/aromatic N) is 1. The number of fused-ring (bicyclic) bond motifs is 1. The number of carbonyl (C=O) groups excluding carboxylic acids is 1. The van der Waals surface area contributed by atoms with Crippen LogP contribution in [0.1, 0.15) is 34.9 Å². The van der Waals surface area contributed by atoms with E-state index in [1.54, 1.807) is 13.2 Å². The molecule has 0 spiro atoms. The Bertz CT molecular complexity index is 882. The molecule has 3 rings (SSSR count). The molecule has 7 nitrogen and oxygen atoms in total. The molecular formula is C16H18N2O5S. The number of benzene rings is 1. The van der Waals surface area contributed by atoms with Crippen molar-refractivity contribution in [3.8, 4) is 5.75 Å². The molecule has 1 N–H and O–H groups in total. The van der Waals surface area contributed by atoms with Gasteiger partial charge in [-0.3, -0.25) is 4.79 Å². The lowest BCUT2D eigenvalue weighted by Gasteiger charge is -2.13. The van der Waals surface area contributed by atoms with Gasteiger partial charge in [-0.2, -0.15) is 0 Å². The van der Waals surface area contributed by atoms with Gasteiger partial charge in [-0.05, 0) is 43.9 Å². The number of aryl methyl sites for hydroxylation is 2. The summed E-state index contributed by atoms with van der Waals surface area (Å²) in [5, 5.41) is 3.62. The van der Waals surface area contributed by atoms with Gasteiger partial charge in [-0.15, -0.1) is 0 Å². The third kappa shape index (κ3) is 2.66. The second kappa shape index (κ2) is 5.94. The highest BCUT2D eigenvalue weighted by Gasteiger charge is 2.34. The van der Waals surface area contributed by atoms with Crippen LogP contribution in [0.3, 0.4) is 0 Å². The monoisotopic (exact) mass is 350 g/mol. The van der Waals surface area contributed by atoms with Gasteiger partial charge in [0.05, 0.1) is 13.0 Å². The van der Waals surface area contributed by atoms with Gasteiger partial charge >= 0.3 is 0 Å². The molecule has 0 fully saturated rings. The fourth-order valence-electron chi connectivity index (χ4n) is 3.20. The van der Waals surface area contributed by atoms with Gasteiger partial charge in [-0.1, -0.05) is 17.3 Å². The smallest absolute Gasteiger partial charge is 0.269 e. The van der Waals surface area contributed by atoms with Crippen molar-refractivity contribution in [1.29, 1.82) is 0 Å². The van der Waals surface area contributed by atoms with Crippen molar-refractivity contribution in [3.63, 3.8) is 0 Å². The first-order valence-corrected chi connectivity index (χ1v) is 8.98. The van der Waals surface area contributed by atoms with Gasteiger partial charge in [0.15, 0.2) is 10.7 Å². The van der Waals surface area contributed by atoms with E-state index in [9.17, 15) is 13.2 Å². The van der Waals surface area contributed by atoms with Gasteiger partial charge in [0.1, 0.15) is 11.4 Å². The quantitative estimate of drug-likeness (QED) is 0.903. The average molecular weight is 350 g/mol. The maximum absolute atomic E-state index is 12.6. The lowest BCUT2D eigenvalue weighted by atomic mass is 10.0. The van der Waals surface area contributed by atoms with E-state index in [1.165, 1.54) is 13.8 Å². The van der Waals surface area contributed by atoms with Crippen LogP contribution >= 0.6 is 0 Å². The summed E-state index contributed by atoms with van der Waals surface area (Å²) in [6, 6.07) is 5.46. The molecule has 24 heavy (non-hydrogen) atoms. The molecule has 1 aromatic heterocycles. The van der Waals surface area contributed by atoms with E-state index in [-0.39, 0.29) is 16.3 Å². The Balaban J connectivity index is 1.88. The highest BCUT2D eigenvalue weighted by atomic mass is 32.2. The number of aromatic nitrogens is 1. The van der Waals surface area contributed by atoms with Crippen LogP contribution in [0.25, 0.3) is 0 Å². The molecule has 1 atom stereocenters. The lowest BCUT2D eigenvalue weighted by molar-refractivity contribution is -0.120. The maximum Gasteiger partial charge on any atom is 0.269 e. The van der Waals surface area contributed by atoms with Crippen molar-refractivity contribution in [2.45, 2.75) is 37.5 Å². The molecule has 128 valence electrons. The molecule has 0 bridgehead atoms. The molecule has 0 saturated carbocycles. The minimum absolute atomic E-state index is 0.0836. The molecule has 0 aliphatic heterocycles. The Labute approximate surface area is 140 Å². The minimum atomic E-state index is -4.02. The summed E-state index contributed by atoms with van der Waals surface area (Å²) in [6.07, 6.45) is 1.21. The Kier molecular flexibility index (Phi) is 4.08. The van der Waals surface area contributed by atoms with Crippen LogP contribution < -0.4 is 9.46 Å². The number of rotatable bonds is 4. The largest absolute Gasteiger partial charge is 0.496 e. The van der Waals surface area contributed by atoms with Crippen molar-refractivity contribution in [2.24, 2.45) is 0 Å². The molecule has 0 radical (unpaired) electrons. The van der Waals surface area contributed by atoms with Crippen molar-refractivity contribution >= 4 is 15.9 Å². The first-order valence-electron chi connectivity index (χ1n) is 7.50. The first-order chi connectivity index (χ1) is 11.3. The van der Waals surface area contributed by atoms with E-state index < -0.39 is 21.8 Å². The van der Waals surface area contributed by atoms with Gasteiger partial charge in [0.2, 0.25) is 5.91 Å². The van der Waals surface area contributed by atoms with Gasteiger partial charge in [0.25, 0.3) is 10.0 Å². The molecule has 1 amide bonds. The van der Waals surface area contributed by atoms with Crippen molar-refractivity contribution in [1.82, 2.24) is 9.88 Å². The summed E-state index contributed by atoms with van der Waals surface area (Å²) in [4.78, 5) is 12.5. The molecule has 1 unspecified atom stereocenters. The second-order valence-corrected chi connectivity index (χ2v) is 7.36. The van der Waals surface area contributed by atoms with Crippen molar-refractivity contribution < 1.29 is 22.5 Å². The van der Waals surface area contributed by atoms with Crippen LogP contribution in [-0.4, -0.2) is 26.6 Å². The lowest BCUT2D eigenvalue weighted by Crippen LogP contribution is -2.34. The molecule has 1 aliphatic rings. The predicted molar refractivity (Wildman–Crippen MR) is 85.4 cm³/mol.